The normalized spacial score (nSPS) is 19.4. The molecule has 1 aromatic heterocycles. The number of carboxylic acid groups (broad SMARTS) is 1. The van der Waals surface area contributed by atoms with Crippen molar-refractivity contribution in [2.45, 2.75) is 24.8 Å². The Labute approximate surface area is 186 Å². The molecule has 6 nitrogen and oxygen atoms in total. The molecular formula is C26H24N2O4. The van der Waals surface area contributed by atoms with Gasteiger partial charge in [0.25, 0.3) is 0 Å². The van der Waals surface area contributed by atoms with Gasteiger partial charge in [0.1, 0.15) is 12.6 Å². The van der Waals surface area contributed by atoms with Crippen molar-refractivity contribution < 1.29 is 19.4 Å². The number of aliphatic carboxylic acids is 1. The summed E-state index contributed by atoms with van der Waals surface area (Å²) < 4.78 is 5.72. The number of carboxylic acids is 1. The summed E-state index contributed by atoms with van der Waals surface area (Å²) in [7, 11) is 0. The average molecular weight is 428 g/mol. The molecule has 0 spiro atoms. The van der Waals surface area contributed by atoms with Crippen molar-refractivity contribution in [2.24, 2.45) is 5.92 Å². The Bertz CT molecular complexity index is 1100. The maximum atomic E-state index is 13.0. The number of amides is 1. The van der Waals surface area contributed by atoms with Crippen LogP contribution in [0.1, 0.15) is 29.0 Å². The Kier molecular flexibility index (Phi) is 5.35. The number of hydrogen-bond donors (Lipinski definition) is 1. The lowest BCUT2D eigenvalue weighted by Crippen LogP contribution is -2.41. The second-order valence-corrected chi connectivity index (χ2v) is 8.47. The Balaban J connectivity index is 1.30. The van der Waals surface area contributed by atoms with E-state index < -0.39 is 18.1 Å². The molecular weight excluding hydrogens is 404 g/mol. The number of likely N-dealkylation sites (tertiary alicyclic amines) is 1. The summed E-state index contributed by atoms with van der Waals surface area (Å²) in [6.45, 7) is 0.556. The molecule has 162 valence electrons. The summed E-state index contributed by atoms with van der Waals surface area (Å²) in [5.41, 5.74) is 5.67. The van der Waals surface area contributed by atoms with Crippen molar-refractivity contribution in [1.82, 2.24) is 9.88 Å². The fourth-order valence-electron chi connectivity index (χ4n) is 5.04. The molecule has 2 aliphatic rings. The quantitative estimate of drug-likeness (QED) is 0.654. The summed E-state index contributed by atoms with van der Waals surface area (Å²) in [4.78, 5) is 30.2. The second kappa shape index (κ2) is 8.46. The van der Waals surface area contributed by atoms with E-state index in [-0.39, 0.29) is 18.4 Å². The van der Waals surface area contributed by atoms with Gasteiger partial charge in [-0.05, 0) is 58.7 Å². The third-order valence-corrected chi connectivity index (χ3v) is 6.52. The van der Waals surface area contributed by atoms with E-state index in [1.165, 1.54) is 4.90 Å². The maximum absolute atomic E-state index is 13.0. The van der Waals surface area contributed by atoms with Gasteiger partial charge in [0.05, 0.1) is 0 Å². The molecule has 32 heavy (non-hydrogen) atoms. The Morgan fingerprint density at radius 1 is 0.969 bits per heavy atom. The Morgan fingerprint density at radius 2 is 1.59 bits per heavy atom. The van der Waals surface area contributed by atoms with E-state index in [4.69, 9.17) is 4.74 Å². The van der Waals surface area contributed by atoms with Crippen molar-refractivity contribution in [3.8, 4) is 11.1 Å². The predicted octanol–water partition coefficient (Wildman–Crippen LogP) is 4.35. The Morgan fingerprint density at radius 3 is 2.22 bits per heavy atom. The number of aromatic nitrogens is 1. The van der Waals surface area contributed by atoms with Crippen molar-refractivity contribution in [1.29, 1.82) is 0 Å². The topological polar surface area (TPSA) is 79.7 Å². The van der Waals surface area contributed by atoms with Gasteiger partial charge in [-0.3, -0.25) is 9.88 Å². The molecule has 6 heteroatoms. The summed E-state index contributed by atoms with van der Waals surface area (Å²) in [6.07, 6.45) is 4.02. The first-order chi connectivity index (χ1) is 15.6. The number of carbonyl (C=O) groups excluding carboxylic acids is 1. The average Bonchev–Trinajstić information content (AvgIpc) is 3.38. The van der Waals surface area contributed by atoms with Crippen molar-refractivity contribution in [3.05, 3.63) is 89.7 Å². The van der Waals surface area contributed by atoms with E-state index in [0.29, 0.717) is 19.4 Å². The van der Waals surface area contributed by atoms with E-state index in [2.05, 4.69) is 29.2 Å². The first kappa shape index (κ1) is 20.2. The van der Waals surface area contributed by atoms with Crippen LogP contribution in [0.3, 0.4) is 0 Å². The van der Waals surface area contributed by atoms with Crippen molar-refractivity contribution in [3.63, 3.8) is 0 Å². The van der Waals surface area contributed by atoms with Gasteiger partial charge < -0.3 is 9.84 Å². The third-order valence-electron chi connectivity index (χ3n) is 6.52. The van der Waals surface area contributed by atoms with Gasteiger partial charge in [-0.15, -0.1) is 0 Å². The standard InChI is InChI=1S/C26H24N2O4/c29-25(30)24-14-18(13-17-9-11-27-12-10-17)15-28(24)26(31)32-16-23-21-7-3-1-5-19(21)20-6-2-4-8-22(20)23/h1-12,18,23-24H,13-16H2,(H,29,30)/t18-,24-/m1/s1. The highest BCUT2D eigenvalue weighted by atomic mass is 16.6. The fourth-order valence-corrected chi connectivity index (χ4v) is 5.04. The molecule has 5 rings (SSSR count). The molecule has 1 fully saturated rings. The number of carbonyl (C=O) groups is 2. The zero-order valence-corrected chi connectivity index (χ0v) is 17.6. The highest BCUT2D eigenvalue weighted by molar-refractivity contribution is 5.81. The van der Waals surface area contributed by atoms with Gasteiger partial charge in [-0.25, -0.2) is 9.59 Å². The number of nitrogens with zero attached hydrogens (tertiary/aromatic N) is 2. The minimum absolute atomic E-state index is 0.0511. The first-order valence-corrected chi connectivity index (χ1v) is 10.8. The predicted molar refractivity (Wildman–Crippen MR) is 119 cm³/mol. The highest BCUT2D eigenvalue weighted by Gasteiger charge is 2.41. The van der Waals surface area contributed by atoms with Gasteiger partial charge >= 0.3 is 12.1 Å². The molecule has 2 aromatic carbocycles. The van der Waals surface area contributed by atoms with Crippen LogP contribution in [0.5, 0.6) is 0 Å². The Hall–Kier alpha value is -3.67. The number of pyridine rings is 1. The van der Waals surface area contributed by atoms with Crippen molar-refractivity contribution >= 4 is 12.1 Å². The summed E-state index contributed by atoms with van der Waals surface area (Å²) in [5, 5.41) is 9.70. The van der Waals surface area contributed by atoms with E-state index in [9.17, 15) is 14.7 Å². The lowest BCUT2D eigenvalue weighted by atomic mass is 9.97. The van der Waals surface area contributed by atoms with Crippen molar-refractivity contribution in [2.75, 3.05) is 13.2 Å². The number of fused-ring (bicyclic) bond motifs is 3. The smallest absolute Gasteiger partial charge is 0.410 e. The molecule has 1 saturated heterocycles. The molecule has 1 aliphatic carbocycles. The fraction of sp³-hybridized carbons (Fsp3) is 0.269. The van der Waals surface area contributed by atoms with Crippen LogP contribution < -0.4 is 0 Å². The van der Waals surface area contributed by atoms with Crippen LogP contribution in [-0.4, -0.2) is 46.2 Å². The van der Waals surface area contributed by atoms with Gasteiger partial charge in [0.15, 0.2) is 0 Å². The molecule has 3 aromatic rings. The highest BCUT2D eigenvalue weighted by Crippen LogP contribution is 2.44. The maximum Gasteiger partial charge on any atom is 0.410 e. The summed E-state index contributed by atoms with van der Waals surface area (Å²) in [5.74, 6) is -0.973. The molecule has 0 radical (unpaired) electrons. The summed E-state index contributed by atoms with van der Waals surface area (Å²) in [6, 6.07) is 19.3. The SMILES string of the molecule is O=C(O)[C@H]1C[C@@H](Cc2ccncc2)CN1C(=O)OCC1c2ccccc2-c2ccccc21. The summed E-state index contributed by atoms with van der Waals surface area (Å²) >= 11 is 0. The van der Waals surface area contributed by atoms with E-state index >= 15 is 0 Å². The van der Waals surface area contributed by atoms with E-state index in [0.717, 1.165) is 27.8 Å². The molecule has 1 N–H and O–H groups in total. The monoisotopic (exact) mass is 428 g/mol. The van der Waals surface area contributed by atoms with Gasteiger partial charge in [-0.2, -0.15) is 0 Å². The van der Waals surface area contributed by atoms with E-state index in [1.807, 2.05) is 36.4 Å². The van der Waals surface area contributed by atoms with Crippen LogP contribution in [0.25, 0.3) is 11.1 Å². The molecule has 0 unspecified atom stereocenters. The van der Waals surface area contributed by atoms with E-state index in [1.54, 1.807) is 12.4 Å². The first-order valence-electron chi connectivity index (χ1n) is 10.8. The van der Waals surface area contributed by atoms with Crippen LogP contribution in [0.15, 0.2) is 73.1 Å². The molecule has 2 atom stereocenters. The van der Waals surface area contributed by atoms with Crippen LogP contribution in [0.2, 0.25) is 0 Å². The molecule has 0 saturated carbocycles. The second-order valence-electron chi connectivity index (χ2n) is 8.47. The molecule has 0 bridgehead atoms. The zero-order chi connectivity index (χ0) is 22.1. The lowest BCUT2D eigenvalue weighted by Gasteiger charge is -2.22. The van der Waals surface area contributed by atoms with Gasteiger partial charge in [0.2, 0.25) is 0 Å². The molecule has 1 aliphatic heterocycles. The van der Waals surface area contributed by atoms with Crippen LogP contribution in [0, 0.1) is 5.92 Å². The largest absolute Gasteiger partial charge is 0.480 e. The third kappa shape index (κ3) is 3.73. The van der Waals surface area contributed by atoms with Crippen LogP contribution in [0.4, 0.5) is 4.79 Å². The minimum Gasteiger partial charge on any atom is -0.480 e. The number of hydrogen-bond acceptors (Lipinski definition) is 4. The zero-order valence-electron chi connectivity index (χ0n) is 17.6. The van der Waals surface area contributed by atoms with Crippen LogP contribution >= 0.6 is 0 Å². The minimum atomic E-state index is -0.990. The number of rotatable bonds is 5. The molecule has 2 heterocycles. The number of benzene rings is 2. The van der Waals surface area contributed by atoms with Gasteiger partial charge in [-0.1, -0.05) is 48.5 Å². The lowest BCUT2D eigenvalue weighted by molar-refractivity contribution is -0.141. The van der Waals surface area contributed by atoms with Crippen LogP contribution in [-0.2, 0) is 16.0 Å². The molecule has 1 amide bonds. The number of ether oxygens (including phenoxy) is 1. The van der Waals surface area contributed by atoms with Gasteiger partial charge in [0, 0.05) is 24.9 Å².